The number of anilines is 2. The average Bonchev–Trinajstić information content (AvgIpc) is 3.29. The van der Waals surface area contributed by atoms with E-state index in [1.807, 2.05) is 17.0 Å². The van der Waals surface area contributed by atoms with Gasteiger partial charge < -0.3 is 10.2 Å². The van der Waals surface area contributed by atoms with Crippen molar-refractivity contribution in [3.8, 4) is 0 Å². The summed E-state index contributed by atoms with van der Waals surface area (Å²) in [6.07, 6.45) is 2.47. The monoisotopic (exact) mass is 442 g/mol. The van der Waals surface area contributed by atoms with Gasteiger partial charge in [-0.3, -0.25) is 9.69 Å². The van der Waals surface area contributed by atoms with E-state index in [1.165, 1.54) is 28.4 Å². The van der Waals surface area contributed by atoms with Crippen LogP contribution >= 0.6 is 0 Å². The largest absolute Gasteiger partial charge is 0.371 e. The van der Waals surface area contributed by atoms with Gasteiger partial charge in [0.05, 0.1) is 11.4 Å². The first-order valence-corrected chi connectivity index (χ1v) is 12.3. The zero-order valence-electron chi connectivity index (χ0n) is 18.0. The molecule has 1 N–H and O–H groups in total. The molecule has 4 rings (SSSR count). The van der Waals surface area contributed by atoms with Gasteiger partial charge in [-0.1, -0.05) is 18.2 Å². The summed E-state index contributed by atoms with van der Waals surface area (Å²) >= 11 is 0. The van der Waals surface area contributed by atoms with Crippen LogP contribution in [0.1, 0.15) is 18.4 Å². The molecule has 0 atom stereocenters. The maximum atomic E-state index is 12.7. The molecule has 8 heteroatoms. The lowest BCUT2D eigenvalue weighted by Crippen LogP contribution is -2.50. The van der Waals surface area contributed by atoms with E-state index in [2.05, 4.69) is 23.2 Å². The van der Waals surface area contributed by atoms with Gasteiger partial charge in [0, 0.05) is 50.6 Å². The van der Waals surface area contributed by atoms with Crippen molar-refractivity contribution >= 4 is 27.3 Å². The number of benzene rings is 2. The second-order valence-electron chi connectivity index (χ2n) is 8.24. The van der Waals surface area contributed by atoms with Crippen molar-refractivity contribution in [2.75, 3.05) is 56.0 Å². The van der Waals surface area contributed by atoms with Gasteiger partial charge in [-0.2, -0.15) is 4.31 Å². The molecule has 2 fully saturated rings. The van der Waals surface area contributed by atoms with E-state index in [0.717, 1.165) is 18.8 Å². The zero-order valence-corrected chi connectivity index (χ0v) is 18.8. The predicted octanol–water partition coefficient (Wildman–Crippen LogP) is 2.54. The molecule has 2 aliphatic heterocycles. The quantitative estimate of drug-likeness (QED) is 0.744. The first kappa shape index (κ1) is 21.8. The van der Waals surface area contributed by atoms with Crippen LogP contribution in [0, 0.1) is 6.92 Å². The first-order chi connectivity index (χ1) is 14.9. The molecule has 0 radical (unpaired) electrons. The first-order valence-electron chi connectivity index (χ1n) is 10.9. The lowest BCUT2D eigenvalue weighted by molar-refractivity contribution is -0.117. The summed E-state index contributed by atoms with van der Waals surface area (Å²) in [7, 11) is -3.48. The van der Waals surface area contributed by atoms with E-state index in [0.29, 0.717) is 31.1 Å². The van der Waals surface area contributed by atoms with Crippen LogP contribution in [0.5, 0.6) is 0 Å². The second kappa shape index (κ2) is 9.38. The van der Waals surface area contributed by atoms with E-state index in [-0.39, 0.29) is 12.5 Å². The maximum absolute atomic E-state index is 12.7. The lowest BCUT2D eigenvalue weighted by Gasteiger charge is -2.33. The smallest absolute Gasteiger partial charge is 0.243 e. The van der Waals surface area contributed by atoms with Gasteiger partial charge in [-0.05, 0) is 55.7 Å². The SMILES string of the molecule is Cc1cc(NC(=O)CN2CCN(S(=O)(=O)c3ccccc3)CC2)ccc1N1CCCC1. The van der Waals surface area contributed by atoms with Crippen molar-refractivity contribution in [1.82, 2.24) is 9.21 Å². The second-order valence-corrected chi connectivity index (χ2v) is 10.2. The number of carbonyl (C=O) groups excluding carboxylic acids is 1. The Labute approximate surface area is 184 Å². The van der Waals surface area contributed by atoms with E-state index >= 15 is 0 Å². The van der Waals surface area contributed by atoms with Crippen molar-refractivity contribution in [1.29, 1.82) is 0 Å². The molecule has 0 saturated carbocycles. The molecule has 0 unspecified atom stereocenters. The van der Waals surface area contributed by atoms with Crippen LogP contribution in [0.15, 0.2) is 53.4 Å². The summed E-state index contributed by atoms with van der Waals surface area (Å²) in [6, 6.07) is 14.6. The van der Waals surface area contributed by atoms with Crippen molar-refractivity contribution in [3.05, 3.63) is 54.1 Å². The minimum absolute atomic E-state index is 0.0762. The molecule has 2 aromatic carbocycles. The van der Waals surface area contributed by atoms with Crippen molar-refractivity contribution in [3.63, 3.8) is 0 Å². The van der Waals surface area contributed by atoms with Crippen LogP contribution in [0.25, 0.3) is 0 Å². The summed E-state index contributed by atoms with van der Waals surface area (Å²) in [5.74, 6) is -0.0762. The fraction of sp³-hybridized carbons (Fsp3) is 0.435. The Bertz CT molecular complexity index is 1010. The molecule has 1 amide bonds. The number of carbonyl (C=O) groups is 1. The van der Waals surface area contributed by atoms with Gasteiger partial charge in [0.25, 0.3) is 0 Å². The number of aryl methyl sites for hydroxylation is 1. The van der Waals surface area contributed by atoms with Crippen LogP contribution in [0.2, 0.25) is 0 Å². The predicted molar refractivity (Wildman–Crippen MR) is 123 cm³/mol. The minimum atomic E-state index is -3.48. The Hall–Kier alpha value is -2.42. The number of hydrogen-bond acceptors (Lipinski definition) is 5. The highest BCUT2D eigenvalue weighted by Gasteiger charge is 2.28. The van der Waals surface area contributed by atoms with Crippen LogP contribution in [0.3, 0.4) is 0 Å². The number of hydrogen-bond donors (Lipinski definition) is 1. The van der Waals surface area contributed by atoms with Gasteiger partial charge in [0.15, 0.2) is 0 Å². The molecule has 0 aromatic heterocycles. The summed E-state index contributed by atoms with van der Waals surface area (Å²) < 4.78 is 27.0. The third kappa shape index (κ3) is 5.08. The highest BCUT2D eigenvalue weighted by Crippen LogP contribution is 2.26. The molecule has 0 spiro atoms. The van der Waals surface area contributed by atoms with Crippen molar-refractivity contribution in [2.45, 2.75) is 24.7 Å². The third-order valence-corrected chi connectivity index (χ3v) is 7.92. The number of rotatable bonds is 6. The number of nitrogens with zero attached hydrogens (tertiary/aromatic N) is 3. The molecule has 2 heterocycles. The topological polar surface area (TPSA) is 73.0 Å². The summed E-state index contributed by atoms with van der Waals surface area (Å²) in [6.45, 7) is 6.36. The molecular formula is C23H30N4O3S. The standard InChI is InChI=1S/C23H30N4O3S/c1-19-17-20(9-10-22(19)26-11-5-6-12-26)24-23(28)18-25-13-15-27(16-14-25)31(29,30)21-7-3-2-4-8-21/h2-4,7-10,17H,5-6,11-16,18H2,1H3,(H,24,28). The Morgan fingerprint density at radius 1 is 0.935 bits per heavy atom. The molecule has 7 nitrogen and oxygen atoms in total. The van der Waals surface area contributed by atoms with Crippen LogP contribution in [0.4, 0.5) is 11.4 Å². The normalized spacial score (nSPS) is 18.3. The Kier molecular flexibility index (Phi) is 6.60. The third-order valence-electron chi connectivity index (χ3n) is 6.01. The zero-order chi connectivity index (χ0) is 21.8. The van der Waals surface area contributed by atoms with Gasteiger partial charge in [0.2, 0.25) is 15.9 Å². The fourth-order valence-corrected chi connectivity index (χ4v) is 5.76. The molecule has 2 saturated heterocycles. The van der Waals surface area contributed by atoms with E-state index in [4.69, 9.17) is 0 Å². The maximum Gasteiger partial charge on any atom is 0.243 e. The Morgan fingerprint density at radius 3 is 2.26 bits per heavy atom. The Balaban J connectivity index is 1.29. The Morgan fingerprint density at radius 2 is 1.61 bits per heavy atom. The lowest BCUT2D eigenvalue weighted by atomic mass is 10.1. The van der Waals surface area contributed by atoms with Crippen LogP contribution in [-0.2, 0) is 14.8 Å². The van der Waals surface area contributed by atoms with Gasteiger partial charge in [-0.15, -0.1) is 0 Å². The number of nitrogens with one attached hydrogen (secondary N) is 1. The molecule has 2 aliphatic rings. The molecule has 31 heavy (non-hydrogen) atoms. The van der Waals surface area contributed by atoms with Gasteiger partial charge in [0.1, 0.15) is 0 Å². The summed E-state index contributed by atoms with van der Waals surface area (Å²) in [4.78, 5) is 17.2. The molecular weight excluding hydrogens is 412 g/mol. The van der Waals surface area contributed by atoms with Crippen LogP contribution in [-0.4, -0.2) is 69.3 Å². The number of sulfonamides is 1. The molecule has 166 valence electrons. The molecule has 0 bridgehead atoms. The van der Waals surface area contributed by atoms with Crippen molar-refractivity contribution < 1.29 is 13.2 Å². The number of piperazine rings is 1. The van der Waals surface area contributed by atoms with Gasteiger partial charge in [-0.25, -0.2) is 8.42 Å². The summed E-state index contributed by atoms with van der Waals surface area (Å²) in [5, 5.41) is 2.98. The molecule has 2 aromatic rings. The van der Waals surface area contributed by atoms with Crippen molar-refractivity contribution in [2.24, 2.45) is 0 Å². The fourth-order valence-electron chi connectivity index (χ4n) is 4.32. The van der Waals surface area contributed by atoms with Gasteiger partial charge >= 0.3 is 0 Å². The van der Waals surface area contributed by atoms with Crippen LogP contribution < -0.4 is 10.2 Å². The van der Waals surface area contributed by atoms with E-state index in [9.17, 15) is 13.2 Å². The molecule has 0 aliphatic carbocycles. The highest BCUT2D eigenvalue weighted by molar-refractivity contribution is 7.89. The summed E-state index contributed by atoms with van der Waals surface area (Å²) in [5.41, 5.74) is 3.21. The van der Waals surface area contributed by atoms with E-state index < -0.39 is 10.0 Å². The average molecular weight is 443 g/mol. The minimum Gasteiger partial charge on any atom is -0.371 e. The van der Waals surface area contributed by atoms with E-state index in [1.54, 1.807) is 30.3 Å². The number of amides is 1. The highest BCUT2D eigenvalue weighted by atomic mass is 32.2.